The molecule has 8 nitrogen and oxygen atoms in total. The number of rotatable bonds is 5. The zero-order chi connectivity index (χ0) is 22.7. The Morgan fingerprint density at radius 3 is 2.32 bits per heavy atom. The van der Waals surface area contributed by atoms with E-state index < -0.39 is 20.0 Å². The van der Waals surface area contributed by atoms with Crippen LogP contribution in [-0.4, -0.2) is 46.3 Å². The molecule has 0 saturated heterocycles. The smallest absolute Gasteiger partial charge is 0.296 e. The molecule has 0 radical (unpaired) electrons. The molecule has 0 aliphatic carbocycles. The van der Waals surface area contributed by atoms with E-state index >= 15 is 0 Å². The molecule has 0 amide bonds. The summed E-state index contributed by atoms with van der Waals surface area (Å²) in [5, 5.41) is 0. The van der Waals surface area contributed by atoms with Gasteiger partial charge < -0.3 is 0 Å². The van der Waals surface area contributed by atoms with Crippen LogP contribution >= 0.6 is 11.3 Å². The van der Waals surface area contributed by atoms with Crippen LogP contribution in [0.2, 0.25) is 0 Å². The molecule has 0 fully saturated rings. The Labute approximate surface area is 185 Å². The first-order valence-electron chi connectivity index (χ1n) is 9.68. The Bertz CT molecular complexity index is 1450. The minimum Gasteiger partial charge on any atom is -0.296 e. The van der Waals surface area contributed by atoms with E-state index in [1.54, 1.807) is 22.8 Å². The maximum absolute atomic E-state index is 13.4. The van der Waals surface area contributed by atoms with E-state index in [1.807, 2.05) is 13.8 Å². The van der Waals surface area contributed by atoms with E-state index in [4.69, 9.17) is 0 Å². The summed E-state index contributed by atoms with van der Waals surface area (Å²) in [6, 6.07) is 9.22. The predicted molar refractivity (Wildman–Crippen MR) is 122 cm³/mol. The summed E-state index contributed by atoms with van der Waals surface area (Å²) in [7, 11) is -4.56. The number of aromatic nitrogens is 1. The van der Waals surface area contributed by atoms with Crippen molar-refractivity contribution >= 4 is 47.3 Å². The maximum atomic E-state index is 13.4. The van der Waals surface area contributed by atoms with Crippen molar-refractivity contribution in [3.8, 4) is 0 Å². The molecule has 0 unspecified atom stereocenters. The fraction of sp³-hybridized carbons (Fsp3) is 0.350. The highest BCUT2D eigenvalue weighted by atomic mass is 32.2. The minimum absolute atomic E-state index is 0.0261. The zero-order valence-electron chi connectivity index (χ0n) is 17.6. The van der Waals surface area contributed by atoms with Crippen LogP contribution in [0.1, 0.15) is 25.5 Å². The van der Waals surface area contributed by atoms with E-state index in [-0.39, 0.29) is 27.3 Å². The van der Waals surface area contributed by atoms with E-state index in [2.05, 4.69) is 0 Å². The third-order valence-corrected chi connectivity index (χ3v) is 9.91. The van der Waals surface area contributed by atoms with Crippen molar-refractivity contribution in [2.75, 3.05) is 24.9 Å². The van der Waals surface area contributed by atoms with Gasteiger partial charge in [0.05, 0.1) is 25.7 Å². The van der Waals surface area contributed by atoms with Crippen LogP contribution in [0, 0.1) is 0 Å². The lowest BCUT2D eigenvalue weighted by Gasteiger charge is -2.20. The van der Waals surface area contributed by atoms with Gasteiger partial charge in [0.1, 0.15) is 0 Å². The summed E-state index contributed by atoms with van der Waals surface area (Å²) in [4.78, 5) is 12.4. The molecule has 1 aliphatic rings. The molecule has 166 valence electrons. The number of hydrogen-bond donors (Lipinski definition) is 0. The van der Waals surface area contributed by atoms with Crippen molar-refractivity contribution < 1.29 is 16.8 Å². The summed E-state index contributed by atoms with van der Waals surface area (Å²) in [5.41, 5.74) is 1.86. The summed E-state index contributed by atoms with van der Waals surface area (Å²) in [6.07, 6.45) is 0.421. The van der Waals surface area contributed by atoms with Gasteiger partial charge in [0.15, 0.2) is 0 Å². The van der Waals surface area contributed by atoms with E-state index in [0.717, 1.165) is 15.6 Å². The quantitative estimate of drug-likeness (QED) is 0.558. The Kier molecular flexibility index (Phi) is 5.28. The second-order valence-electron chi connectivity index (χ2n) is 7.87. The molecule has 2 heterocycles. The van der Waals surface area contributed by atoms with Gasteiger partial charge in [0, 0.05) is 26.7 Å². The van der Waals surface area contributed by atoms with Crippen LogP contribution in [-0.2, 0) is 26.5 Å². The van der Waals surface area contributed by atoms with Crippen LogP contribution in [0.25, 0.3) is 10.2 Å². The van der Waals surface area contributed by atoms with Crippen LogP contribution in [0.4, 0.5) is 5.69 Å². The van der Waals surface area contributed by atoms with Gasteiger partial charge >= 0.3 is 4.87 Å². The van der Waals surface area contributed by atoms with Crippen molar-refractivity contribution in [3.05, 3.63) is 51.6 Å². The summed E-state index contributed by atoms with van der Waals surface area (Å²) < 4.78 is 56.2. The first-order chi connectivity index (χ1) is 14.4. The van der Waals surface area contributed by atoms with Gasteiger partial charge in [0.25, 0.3) is 10.0 Å². The van der Waals surface area contributed by atoms with Crippen LogP contribution in [0.3, 0.4) is 0 Å². The van der Waals surface area contributed by atoms with Gasteiger partial charge in [-0.1, -0.05) is 11.3 Å². The second kappa shape index (κ2) is 7.44. The molecule has 0 bridgehead atoms. The number of benzene rings is 2. The molecule has 2 aromatic carbocycles. The predicted octanol–water partition coefficient (Wildman–Crippen LogP) is 2.65. The fourth-order valence-electron chi connectivity index (χ4n) is 3.76. The van der Waals surface area contributed by atoms with Crippen molar-refractivity contribution in [1.82, 2.24) is 8.87 Å². The lowest BCUT2D eigenvalue weighted by molar-refractivity contribution is 0.520. The topological polar surface area (TPSA) is 96.8 Å². The molecular formula is C20H23N3O5S3. The Balaban J connectivity index is 1.76. The molecule has 4 rings (SSSR count). The summed E-state index contributed by atoms with van der Waals surface area (Å²) >= 11 is 1.03. The molecule has 11 heteroatoms. The average Bonchev–Trinajstić information content (AvgIpc) is 3.26. The molecule has 3 aromatic rings. The van der Waals surface area contributed by atoms with Gasteiger partial charge in [-0.05, 0) is 62.2 Å². The Morgan fingerprint density at radius 2 is 1.68 bits per heavy atom. The van der Waals surface area contributed by atoms with Crippen LogP contribution < -0.4 is 9.18 Å². The fourth-order valence-corrected chi connectivity index (χ4v) is 7.37. The molecule has 1 aliphatic heterocycles. The average molecular weight is 482 g/mol. The second-order valence-corrected chi connectivity index (χ2v) is 12.9. The van der Waals surface area contributed by atoms with E-state index in [1.165, 1.54) is 36.6 Å². The first-order valence-corrected chi connectivity index (χ1v) is 13.4. The highest BCUT2D eigenvalue weighted by molar-refractivity contribution is 7.93. The van der Waals surface area contributed by atoms with Crippen molar-refractivity contribution in [2.24, 2.45) is 0 Å². The summed E-state index contributed by atoms with van der Waals surface area (Å²) in [6.45, 7) is 4.04. The van der Waals surface area contributed by atoms with Gasteiger partial charge in [0.2, 0.25) is 10.0 Å². The summed E-state index contributed by atoms with van der Waals surface area (Å²) in [5.74, 6) is 0. The number of fused-ring (bicyclic) bond motifs is 2. The Hall–Kier alpha value is -2.21. The molecule has 0 atom stereocenters. The van der Waals surface area contributed by atoms with Crippen molar-refractivity contribution in [2.45, 2.75) is 36.1 Å². The Morgan fingerprint density at radius 1 is 1.00 bits per heavy atom. The SMILES string of the molecule is CC(C)n1c(=O)sc2cc(S(=O)(=O)N3CCc4cc(S(=O)(=O)N(C)C)ccc43)ccc21. The lowest BCUT2D eigenvalue weighted by atomic mass is 10.2. The van der Waals surface area contributed by atoms with Crippen molar-refractivity contribution in [1.29, 1.82) is 0 Å². The molecule has 0 N–H and O–H groups in total. The molecular weight excluding hydrogens is 458 g/mol. The largest absolute Gasteiger partial charge is 0.308 e. The highest BCUT2D eigenvalue weighted by Gasteiger charge is 2.32. The first kappa shape index (κ1) is 22.0. The number of nitrogens with zero attached hydrogens (tertiary/aromatic N) is 3. The number of anilines is 1. The van der Waals surface area contributed by atoms with Gasteiger partial charge in [-0.2, -0.15) is 0 Å². The number of thiazole rings is 1. The monoisotopic (exact) mass is 481 g/mol. The highest BCUT2D eigenvalue weighted by Crippen LogP contribution is 2.35. The molecule has 0 saturated carbocycles. The minimum atomic E-state index is -3.86. The molecule has 0 spiro atoms. The van der Waals surface area contributed by atoms with Crippen molar-refractivity contribution in [3.63, 3.8) is 0 Å². The third-order valence-electron chi connectivity index (χ3n) is 5.37. The van der Waals surface area contributed by atoms with Gasteiger partial charge in [-0.25, -0.2) is 21.1 Å². The van der Waals surface area contributed by atoms with Gasteiger partial charge in [-0.15, -0.1) is 0 Å². The zero-order valence-corrected chi connectivity index (χ0v) is 20.0. The normalized spacial score (nSPS) is 14.7. The van der Waals surface area contributed by atoms with Crippen LogP contribution in [0.5, 0.6) is 0 Å². The molecule has 31 heavy (non-hydrogen) atoms. The number of hydrogen-bond acceptors (Lipinski definition) is 6. The lowest BCUT2D eigenvalue weighted by Crippen LogP contribution is -2.29. The third kappa shape index (κ3) is 3.49. The molecule has 1 aromatic heterocycles. The van der Waals surface area contributed by atoms with Crippen LogP contribution in [0.15, 0.2) is 51.0 Å². The van der Waals surface area contributed by atoms with Gasteiger partial charge in [-0.3, -0.25) is 13.7 Å². The maximum Gasteiger partial charge on any atom is 0.308 e. The van der Waals surface area contributed by atoms with E-state index in [0.29, 0.717) is 27.9 Å². The number of sulfonamides is 2. The van der Waals surface area contributed by atoms with E-state index in [9.17, 15) is 21.6 Å². The standard InChI is InChI=1S/C20H23N3O5S3/c1-13(2)23-18-8-6-16(12-19(18)29-20(23)24)31(27,28)22-10-9-14-11-15(5-7-17(14)22)30(25,26)21(3)4/h5-8,11-13H,9-10H2,1-4H3.